The Hall–Kier alpha value is -1.29. The normalized spacial score (nSPS) is 13.7. The molecule has 1 aromatic carbocycles. The van der Waals surface area contributed by atoms with Gasteiger partial charge in [0.1, 0.15) is 0 Å². The number of carbonyl (C=O) groups is 1. The van der Waals surface area contributed by atoms with Gasteiger partial charge in [-0.05, 0) is 28.1 Å². The van der Waals surface area contributed by atoms with Crippen LogP contribution in [-0.4, -0.2) is 10.5 Å². The minimum Gasteiger partial charge on any atom is -0.347 e. The Morgan fingerprint density at radius 3 is 3.00 bits per heavy atom. The molecule has 0 spiro atoms. The van der Waals surface area contributed by atoms with Crippen molar-refractivity contribution in [2.24, 2.45) is 7.05 Å². The van der Waals surface area contributed by atoms with E-state index in [9.17, 15) is 4.79 Å². The summed E-state index contributed by atoms with van der Waals surface area (Å²) in [6, 6.07) is 3.75. The van der Waals surface area contributed by atoms with Crippen molar-refractivity contribution in [1.82, 2.24) is 4.57 Å². The van der Waals surface area contributed by atoms with Gasteiger partial charge in [0.05, 0.1) is 16.8 Å². The van der Waals surface area contributed by atoms with Crippen molar-refractivity contribution in [3.8, 4) is 0 Å². The highest BCUT2D eigenvalue weighted by Gasteiger charge is 2.24. The standard InChI is InChI=1S/C10H7BrN2O/c1-13-4-7-8-5(10(14)12-7)2-3-6(11)9(8)13/h2-4H,1H3,(H,12,14). The molecule has 3 nitrogen and oxygen atoms in total. The second kappa shape index (κ2) is 2.39. The second-order valence-electron chi connectivity index (χ2n) is 3.43. The molecule has 2 heterocycles. The number of hydrogen-bond acceptors (Lipinski definition) is 1. The highest BCUT2D eigenvalue weighted by Crippen LogP contribution is 2.37. The van der Waals surface area contributed by atoms with Gasteiger partial charge in [0, 0.05) is 23.1 Å². The number of carbonyl (C=O) groups excluding carboxylic acids is 1. The molecule has 0 atom stereocenters. The number of nitrogens with one attached hydrogen (secondary N) is 1. The molecule has 1 aliphatic heterocycles. The van der Waals surface area contributed by atoms with Crippen LogP contribution in [0.1, 0.15) is 10.4 Å². The fourth-order valence-corrected chi connectivity index (χ4v) is 2.59. The molecular weight excluding hydrogens is 244 g/mol. The van der Waals surface area contributed by atoms with Crippen molar-refractivity contribution in [3.05, 3.63) is 28.4 Å². The maximum Gasteiger partial charge on any atom is 0.256 e. The lowest BCUT2D eigenvalue weighted by Gasteiger charge is -2.01. The summed E-state index contributed by atoms with van der Waals surface area (Å²) in [6.45, 7) is 0. The third kappa shape index (κ3) is 0.792. The summed E-state index contributed by atoms with van der Waals surface area (Å²) in [5, 5.41) is 3.86. The number of benzene rings is 1. The van der Waals surface area contributed by atoms with Crippen molar-refractivity contribution in [2.45, 2.75) is 0 Å². The Labute approximate surface area is 88.8 Å². The van der Waals surface area contributed by atoms with Crippen LogP contribution in [0.15, 0.2) is 22.8 Å². The van der Waals surface area contributed by atoms with E-state index in [-0.39, 0.29) is 5.91 Å². The van der Waals surface area contributed by atoms with Crippen LogP contribution in [0, 0.1) is 0 Å². The van der Waals surface area contributed by atoms with Gasteiger partial charge in [0.25, 0.3) is 5.91 Å². The molecule has 0 saturated heterocycles. The minimum absolute atomic E-state index is 0.00639. The van der Waals surface area contributed by atoms with Gasteiger partial charge in [0.2, 0.25) is 0 Å². The van der Waals surface area contributed by atoms with E-state index in [1.165, 1.54) is 0 Å². The van der Waals surface area contributed by atoms with Crippen LogP contribution in [-0.2, 0) is 7.05 Å². The Kier molecular flexibility index (Phi) is 1.37. The van der Waals surface area contributed by atoms with E-state index in [4.69, 9.17) is 0 Å². The average Bonchev–Trinajstić information content (AvgIpc) is 2.58. The molecule has 0 unspecified atom stereocenters. The van der Waals surface area contributed by atoms with Gasteiger partial charge in [-0.25, -0.2) is 0 Å². The van der Waals surface area contributed by atoms with Gasteiger partial charge < -0.3 is 9.88 Å². The van der Waals surface area contributed by atoms with Gasteiger partial charge in [-0.3, -0.25) is 4.79 Å². The first-order valence-corrected chi connectivity index (χ1v) is 5.06. The van der Waals surface area contributed by atoms with E-state index in [0.717, 1.165) is 26.6 Å². The average molecular weight is 251 g/mol. The van der Waals surface area contributed by atoms with Crippen LogP contribution in [0.4, 0.5) is 5.69 Å². The molecule has 4 heteroatoms. The van der Waals surface area contributed by atoms with Crippen molar-refractivity contribution in [2.75, 3.05) is 5.32 Å². The third-order valence-electron chi connectivity index (χ3n) is 2.57. The van der Waals surface area contributed by atoms with Crippen LogP contribution < -0.4 is 5.32 Å². The first-order valence-electron chi connectivity index (χ1n) is 4.27. The largest absolute Gasteiger partial charge is 0.347 e. The SMILES string of the molecule is Cn1cc2c3c(ccc(Br)c31)C(=O)N2. The van der Waals surface area contributed by atoms with Crippen molar-refractivity contribution in [1.29, 1.82) is 0 Å². The summed E-state index contributed by atoms with van der Waals surface area (Å²) in [7, 11) is 1.97. The first kappa shape index (κ1) is 8.05. The van der Waals surface area contributed by atoms with Crippen LogP contribution in [0.25, 0.3) is 10.9 Å². The molecule has 0 radical (unpaired) electrons. The molecule has 1 amide bonds. The maximum atomic E-state index is 11.5. The summed E-state index contributed by atoms with van der Waals surface area (Å²) in [5.74, 6) is -0.00639. The lowest BCUT2D eigenvalue weighted by atomic mass is 10.1. The van der Waals surface area contributed by atoms with Crippen molar-refractivity contribution < 1.29 is 4.79 Å². The molecule has 0 bridgehead atoms. The van der Waals surface area contributed by atoms with E-state index in [2.05, 4.69) is 21.2 Å². The summed E-state index contributed by atoms with van der Waals surface area (Å²) >= 11 is 3.48. The molecule has 2 aromatic rings. The summed E-state index contributed by atoms with van der Waals surface area (Å²) in [4.78, 5) is 11.5. The van der Waals surface area contributed by atoms with E-state index < -0.39 is 0 Å². The molecule has 1 aliphatic rings. The van der Waals surface area contributed by atoms with Crippen LogP contribution in [0.2, 0.25) is 0 Å². The zero-order valence-corrected chi connectivity index (χ0v) is 9.05. The zero-order valence-electron chi connectivity index (χ0n) is 7.47. The van der Waals surface area contributed by atoms with Crippen LogP contribution in [0.5, 0.6) is 0 Å². The van der Waals surface area contributed by atoms with Gasteiger partial charge in [-0.2, -0.15) is 0 Å². The maximum absolute atomic E-state index is 11.5. The number of anilines is 1. The van der Waals surface area contributed by atoms with Crippen LogP contribution >= 0.6 is 15.9 Å². The molecule has 1 aromatic heterocycles. The van der Waals surface area contributed by atoms with Gasteiger partial charge >= 0.3 is 0 Å². The lowest BCUT2D eigenvalue weighted by Crippen LogP contribution is -2.05. The number of nitrogens with zero attached hydrogens (tertiary/aromatic N) is 1. The molecule has 1 N–H and O–H groups in total. The Morgan fingerprint density at radius 2 is 2.21 bits per heavy atom. The fourth-order valence-electron chi connectivity index (χ4n) is 1.98. The van der Waals surface area contributed by atoms with Crippen molar-refractivity contribution in [3.63, 3.8) is 0 Å². The van der Waals surface area contributed by atoms with Gasteiger partial charge in [-0.1, -0.05) is 0 Å². The van der Waals surface area contributed by atoms with Gasteiger partial charge in [-0.15, -0.1) is 0 Å². The predicted molar refractivity (Wildman–Crippen MR) is 58.6 cm³/mol. The molecule has 0 fully saturated rings. The summed E-state index contributed by atoms with van der Waals surface area (Å²) < 4.78 is 3.03. The highest BCUT2D eigenvalue weighted by atomic mass is 79.9. The number of aryl methyl sites for hydroxylation is 1. The van der Waals surface area contributed by atoms with E-state index in [1.807, 2.05) is 29.9 Å². The van der Waals surface area contributed by atoms with Crippen LogP contribution in [0.3, 0.4) is 0 Å². The third-order valence-corrected chi connectivity index (χ3v) is 3.21. The van der Waals surface area contributed by atoms with Crippen molar-refractivity contribution >= 4 is 38.4 Å². The fraction of sp³-hybridized carbons (Fsp3) is 0.100. The number of aromatic nitrogens is 1. The molecule has 0 saturated carbocycles. The zero-order chi connectivity index (χ0) is 9.87. The topological polar surface area (TPSA) is 34.0 Å². The van der Waals surface area contributed by atoms with E-state index >= 15 is 0 Å². The predicted octanol–water partition coefficient (Wildman–Crippen LogP) is 2.51. The molecular formula is C10H7BrN2O. The molecule has 14 heavy (non-hydrogen) atoms. The van der Waals surface area contributed by atoms with E-state index in [0.29, 0.717) is 0 Å². The highest BCUT2D eigenvalue weighted by molar-refractivity contribution is 9.10. The smallest absolute Gasteiger partial charge is 0.256 e. The second-order valence-corrected chi connectivity index (χ2v) is 4.28. The minimum atomic E-state index is -0.00639. The number of amides is 1. The number of halogens is 1. The quantitative estimate of drug-likeness (QED) is 0.766. The van der Waals surface area contributed by atoms with Gasteiger partial charge in [0.15, 0.2) is 0 Å². The Bertz CT molecular complexity index is 571. The lowest BCUT2D eigenvalue weighted by molar-refractivity contribution is 0.103. The molecule has 0 aliphatic carbocycles. The monoisotopic (exact) mass is 250 g/mol. The summed E-state index contributed by atoms with van der Waals surface area (Å²) in [6.07, 6.45) is 1.93. The number of hydrogen-bond donors (Lipinski definition) is 1. The molecule has 70 valence electrons. The number of rotatable bonds is 0. The molecule has 3 rings (SSSR count). The Balaban J connectivity index is 2.60. The van der Waals surface area contributed by atoms with E-state index in [1.54, 1.807) is 0 Å². The Morgan fingerprint density at radius 1 is 1.43 bits per heavy atom. The summed E-state index contributed by atoms with van der Waals surface area (Å²) in [5.41, 5.74) is 2.73. The first-order chi connectivity index (χ1) is 6.68.